The molecule has 1 amide bonds. The van der Waals surface area contributed by atoms with Gasteiger partial charge in [0.2, 0.25) is 0 Å². The fraction of sp³-hybridized carbons (Fsp3) is 0.400. The summed E-state index contributed by atoms with van der Waals surface area (Å²) in [6.45, 7) is 2.91. The third kappa shape index (κ3) is 1.86. The first-order valence-corrected chi connectivity index (χ1v) is 7.64. The summed E-state index contributed by atoms with van der Waals surface area (Å²) in [5.41, 5.74) is 0. The smallest absolute Gasteiger partial charge is 0.264 e. The van der Waals surface area contributed by atoms with Crippen LogP contribution >= 0.6 is 11.3 Å². The molecular weight excluding hydrogens is 256 g/mol. The minimum atomic E-state index is 0.206. The van der Waals surface area contributed by atoms with Crippen molar-refractivity contribution < 1.29 is 4.79 Å². The molecule has 0 radical (unpaired) electrons. The molecule has 2 fully saturated rings. The SMILES string of the molecule is O=C(c1cc2ccccc2s1)N1C[C@@H]2CCN[C@@H]2C1. The minimum absolute atomic E-state index is 0.206. The first kappa shape index (κ1) is 11.4. The van der Waals surface area contributed by atoms with Crippen molar-refractivity contribution in [2.75, 3.05) is 19.6 Å². The van der Waals surface area contributed by atoms with E-state index >= 15 is 0 Å². The average Bonchev–Trinajstić information content (AvgIpc) is 3.10. The van der Waals surface area contributed by atoms with Crippen LogP contribution in [0.5, 0.6) is 0 Å². The van der Waals surface area contributed by atoms with Gasteiger partial charge in [-0.2, -0.15) is 0 Å². The van der Waals surface area contributed by atoms with E-state index in [0.29, 0.717) is 12.0 Å². The molecule has 2 aliphatic heterocycles. The average molecular weight is 272 g/mol. The molecular formula is C15H16N2OS. The van der Waals surface area contributed by atoms with Crippen LogP contribution in [0.3, 0.4) is 0 Å². The van der Waals surface area contributed by atoms with Gasteiger partial charge < -0.3 is 10.2 Å². The van der Waals surface area contributed by atoms with Gasteiger partial charge in [-0.25, -0.2) is 0 Å². The second-order valence-electron chi connectivity index (χ2n) is 5.47. The fourth-order valence-electron chi connectivity index (χ4n) is 3.26. The van der Waals surface area contributed by atoms with Crippen LogP contribution in [-0.2, 0) is 0 Å². The highest BCUT2D eigenvalue weighted by molar-refractivity contribution is 7.20. The first-order valence-electron chi connectivity index (χ1n) is 6.82. The molecule has 0 spiro atoms. The highest BCUT2D eigenvalue weighted by atomic mass is 32.1. The Labute approximate surface area is 116 Å². The molecule has 0 aliphatic carbocycles. The van der Waals surface area contributed by atoms with Crippen molar-refractivity contribution in [1.82, 2.24) is 10.2 Å². The van der Waals surface area contributed by atoms with E-state index in [0.717, 1.165) is 24.5 Å². The molecule has 0 unspecified atom stereocenters. The van der Waals surface area contributed by atoms with Crippen molar-refractivity contribution in [2.24, 2.45) is 5.92 Å². The summed E-state index contributed by atoms with van der Waals surface area (Å²) < 4.78 is 1.20. The van der Waals surface area contributed by atoms with Crippen LogP contribution in [0.1, 0.15) is 16.1 Å². The van der Waals surface area contributed by atoms with Crippen LogP contribution in [0.4, 0.5) is 0 Å². The zero-order chi connectivity index (χ0) is 12.8. The molecule has 0 bridgehead atoms. The van der Waals surface area contributed by atoms with Crippen LogP contribution in [0, 0.1) is 5.92 Å². The third-order valence-electron chi connectivity index (χ3n) is 4.29. The van der Waals surface area contributed by atoms with Crippen molar-refractivity contribution in [3.63, 3.8) is 0 Å². The maximum atomic E-state index is 12.6. The Balaban J connectivity index is 1.60. The number of carbonyl (C=O) groups excluding carboxylic acids is 1. The molecule has 98 valence electrons. The van der Waals surface area contributed by atoms with E-state index in [2.05, 4.69) is 17.4 Å². The van der Waals surface area contributed by atoms with E-state index in [4.69, 9.17) is 0 Å². The molecule has 2 aromatic rings. The number of rotatable bonds is 1. The lowest BCUT2D eigenvalue weighted by Crippen LogP contribution is -2.33. The van der Waals surface area contributed by atoms with Crippen LogP contribution in [0.25, 0.3) is 10.1 Å². The lowest BCUT2D eigenvalue weighted by atomic mass is 10.1. The van der Waals surface area contributed by atoms with E-state index in [1.54, 1.807) is 11.3 Å². The number of thiophene rings is 1. The number of nitrogens with zero attached hydrogens (tertiary/aromatic N) is 1. The van der Waals surface area contributed by atoms with E-state index in [1.165, 1.54) is 16.5 Å². The van der Waals surface area contributed by atoms with Crippen molar-refractivity contribution in [3.8, 4) is 0 Å². The maximum Gasteiger partial charge on any atom is 0.264 e. The summed E-state index contributed by atoms with van der Waals surface area (Å²) >= 11 is 1.61. The quantitative estimate of drug-likeness (QED) is 0.864. The van der Waals surface area contributed by atoms with Gasteiger partial charge >= 0.3 is 0 Å². The Morgan fingerprint density at radius 3 is 3.05 bits per heavy atom. The van der Waals surface area contributed by atoms with Gasteiger partial charge in [0.25, 0.3) is 5.91 Å². The molecule has 4 heteroatoms. The second kappa shape index (κ2) is 4.32. The van der Waals surface area contributed by atoms with E-state index in [9.17, 15) is 4.79 Å². The van der Waals surface area contributed by atoms with Gasteiger partial charge in [0.1, 0.15) is 0 Å². The maximum absolute atomic E-state index is 12.6. The molecule has 2 aliphatic rings. The van der Waals surface area contributed by atoms with Crippen LogP contribution in [-0.4, -0.2) is 36.5 Å². The predicted molar refractivity (Wildman–Crippen MR) is 77.6 cm³/mol. The lowest BCUT2D eigenvalue weighted by Gasteiger charge is -2.16. The second-order valence-corrected chi connectivity index (χ2v) is 6.55. The van der Waals surface area contributed by atoms with E-state index in [1.807, 2.05) is 23.1 Å². The molecule has 1 aromatic carbocycles. The number of hydrogen-bond donors (Lipinski definition) is 1. The highest BCUT2D eigenvalue weighted by Gasteiger charge is 2.38. The summed E-state index contributed by atoms with van der Waals surface area (Å²) in [5, 5.41) is 4.67. The van der Waals surface area contributed by atoms with Crippen molar-refractivity contribution >= 4 is 27.3 Å². The van der Waals surface area contributed by atoms with E-state index < -0.39 is 0 Å². The van der Waals surface area contributed by atoms with Gasteiger partial charge in [-0.3, -0.25) is 4.79 Å². The number of benzene rings is 1. The lowest BCUT2D eigenvalue weighted by molar-refractivity contribution is 0.0787. The van der Waals surface area contributed by atoms with Crippen molar-refractivity contribution in [1.29, 1.82) is 0 Å². The third-order valence-corrected chi connectivity index (χ3v) is 5.39. The summed E-state index contributed by atoms with van der Waals surface area (Å²) in [5.74, 6) is 0.871. The highest BCUT2D eigenvalue weighted by Crippen LogP contribution is 2.30. The topological polar surface area (TPSA) is 32.3 Å². The predicted octanol–water partition coefficient (Wildman–Crippen LogP) is 2.34. The number of fused-ring (bicyclic) bond motifs is 2. The number of carbonyl (C=O) groups is 1. The molecule has 2 saturated heterocycles. The summed E-state index contributed by atoms with van der Waals surface area (Å²) in [4.78, 5) is 15.5. The molecule has 1 aromatic heterocycles. The molecule has 0 saturated carbocycles. The molecule has 1 N–H and O–H groups in total. The van der Waals surface area contributed by atoms with Crippen LogP contribution < -0.4 is 5.32 Å². The van der Waals surface area contributed by atoms with Gasteiger partial charge in [0, 0.05) is 23.8 Å². The Bertz CT molecular complexity index is 591. The normalized spacial score (nSPS) is 26.0. The monoisotopic (exact) mass is 272 g/mol. The Hall–Kier alpha value is -1.39. The number of nitrogens with one attached hydrogen (secondary N) is 1. The van der Waals surface area contributed by atoms with Gasteiger partial charge in [-0.05, 0) is 36.4 Å². The minimum Gasteiger partial charge on any atom is -0.336 e. The van der Waals surface area contributed by atoms with E-state index in [-0.39, 0.29) is 5.91 Å². The molecule has 3 nitrogen and oxygen atoms in total. The van der Waals surface area contributed by atoms with Gasteiger partial charge in [0.15, 0.2) is 0 Å². The Morgan fingerprint density at radius 2 is 2.21 bits per heavy atom. The Kier molecular flexibility index (Phi) is 2.60. The van der Waals surface area contributed by atoms with Crippen LogP contribution in [0.2, 0.25) is 0 Å². The number of amides is 1. The number of hydrogen-bond acceptors (Lipinski definition) is 3. The van der Waals surface area contributed by atoms with Gasteiger partial charge in [0.05, 0.1) is 4.88 Å². The largest absolute Gasteiger partial charge is 0.336 e. The zero-order valence-electron chi connectivity index (χ0n) is 10.6. The summed E-state index contributed by atoms with van der Waals surface area (Å²) in [6, 6.07) is 10.8. The summed E-state index contributed by atoms with van der Waals surface area (Å²) in [6.07, 6.45) is 1.21. The van der Waals surface area contributed by atoms with Crippen molar-refractivity contribution in [2.45, 2.75) is 12.5 Å². The number of likely N-dealkylation sites (tertiary alicyclic amines) is 1. The van der Waals surface area contributed by atoms with Gasteiger partial charge in [-0.15, -0.1) is 11.3 Å². The Morgan fingerprint density at radius 1 is 1.32 bits per heavy atom. The van der Waals surface area contributed by atoms with Gasteiger partial charge in [-0.1, -0.05) is 18.2 Å². The standard InChI is InChI=1S/C15H16N2OS/c18-15(17-8-11-5-6-16-12(11)9-17)14-7-10-3-1-2-4-13(10)19-14/h1-4,7,11-12,16H,5-6,8-9H2/t11-,12+/m0/s1. The first-order chi connectivity index (χ1) is 9.31. The fourth-order valence-corrected chi connectivity index (χ4v) is 4.29. The molecule has 4 rings (SSSR count). The van der Waals surface area contributed by atoms with Crippen molar-refractivity contribution in [3.05, 3.63) is 35.2 Å². The van der Waals surface area contributed by atoms with Crippen LogP contribution in [0.15, 0.2) is 30.3 Å². The zero-order valence-corrected chi connectivity index (χ0v) is 11.5. The molecule has 3 heterocycles. The molecule has 2 atom stereocenters. The summed E-state index contributed by atoms with van der Waals surface area (Å²) in [7, 11) is 0. The molecule has 19 heavy (non-hydrogen) atoms.